The van der Waals surface area contributed by atoms with E-state index in [9.17, 15) is 23.6 Å². The molecule has 0 saturated carbocycles. The Kier molecular flexibility index (Phi) is 11.8. The Morgan fingerprint density at radius 3 is 2.49 bits per heavy atom. The van der Waals surface area contributed by atoms with Crippen molar-refractivity contribution >= 4 is 51.9 Å². The van der Waals surface area contributed by atoms with Gasteiger partial charge in [0.05, 0.1) is 31.1 Å². The number of amides is 2. The first kappa shape index (κ1) is 31.7. The smallest absolute Gasteiger partial charge is 0.348 e. The number of nitrogens with zero attached hydrogens (tertiary/aromatic N) is 3. The minimum Gasteiger partial charge on any atom is -0.462 e. The van der Waals surface area contributed by atoms with Crippen LogP contribution < -0.4 is 10.6 Å². The predicted molar refractivity (Wildman–Crippen MR) is 153 cm³/mol. The van der Waals surface area contributed by atoms with E-state index in [0.717, 1.165) is 42.0 Å². The van der Waals surface area contributed by atoms with Gasteiger partial charge >= 0.3 is 11.9 Å². The number of ether oxygens (including phenoxy) is 2. The van der Waals surface area contributed by atoms with Gasteiger partial charge in [0.25, 0.3) is 5.91 Å². The van der Waals surface area contributed by atoms with E-state index in [1.807, 2.05) is 11.5 Å². The van der Waals surface area contributed by atoms with Gasteiger partial charge in [-0.05, 0) is 51.0 Å². The van der Waals surface area contributed by atoms with Crippen molar-refractivity contribution in [2.75, 3.05) is 24.3 Å². The number of halogens is 1. The number of unbranched alkanes of at least 4 members (excludes halogenated alkanes) is 1. The molecule has 0 aliphatic rings. The van der Waals surface area contributed by atoms with Crippen LogP contribution in [0.4, 0.5) is 9.39 Å². The van der Waals surface area contributed by atoms with Gasteiger partial charge in [-0.1, -0.05) is 31.2 Å². The molecule has 2 heterocycles. The van der Waals surface area contributed by atoms with Gasteiger partial charge in [0.1, 0.15) is 15.7 Å². The van der Waals surface area contributed by atoms with E-state index in [1.165, 1.54) is 18.2 Å². The van der Waals surface area contributed by atoms with Crippen LogP contribution in [0.15, 0.2) is 29.4 Å². The number of nitrogens with one attached hydrogen (secondary N) is 2. The van der Waals surface area contributed by atoms with E-state index in [0.29, 0.717) is 23.1 Å². The van der Waals surface area contributed by atoms with E-state index in [4.69, 9.17) is 9.47 Å². The number of thioether (sulfide) groups is 1. The number of carbonyl (C=O) groups excluding carboxylic acids is 4. The van der Waals surface area contributed by atoms with Gasteiger partial charge < -0.3 is 24.7 Å². The maximum absolute atomic E-state index is 13.5. The first-order valence-corrected chi connectivity index (χ1v) is 14.9. The van der Waals surface area contributed by atoms with Crippen LogP contribution in [0.5, 0.6) is 0 Å². The lowest BCUT2D eigenvalue weighted by Crippen LogP contribution is -2.25. The Balaban J connectivity index is 1.72. The van der Waals surface area contributed by atoms with Crippen molar-refractivity contribution < 1.29 is 33.0 Å². The molecule has 0 aliphatic carbocycles. The molecule has 220 valence electrons. The molecule has 0 radical (unpaired) electrons. The summed E-state index contributed by atoms with van der Waals surface area (Å²) >= 11 is 2.09. The second-order valence-corrected chi connectivity index (χ2v) is 10.6. The quantitative estimate of drug-likeness (QED) is 0.199. The van der Waals surface area contributed by atoms with Crippen LogP contribution in [-0.4, -0.2) is 57.5 Å². The Morgan fingerprint density at radius 2 is 1.80 bits per heavy atom. The van der Waals surface area contributed by atoms with Crippen LogP contribution in [0.2, 0.25) is 0 Å². The third-order valence-electron chi connectivity index (χ3n) is 5.70. The monoisotopic (exact) mass is 605 g/mol. The molecule has 11 nitrogen and oxygen atoms in total. The van der Waals surface area contributed by atoms with Gasteiger partial charge in [0.2, 0.25) is 5.91 Å². The number of esters is 2. The van der Waals surface area contributed by atoms with Crippen molar-refractivity contribution in [3.05, 3.63) is 57.5 Å². The third kappa shape index (κ3) is 8.36. The molecule has 3 aromatic rings. The van der Waals surface area contributed by atoms with E-state index >= 15 is 0 Å². The van der Waals surface area contributed by atoms with Crippen molar-refractivity contribution in [1.82, 2.24) is 20.1 Å². The van der Waals surface area contributed by atoms with Crippen LogP contribution in [0.3, 0.4) is 0 Å². The summed E-state index contributed by atoms with van der Waals surface area (Å²) in [4.78, 5) is 50.6. The van der Waals surface area contributed by atoms with Gasteiger partial charge in [-0.15, -0.1) is 21.5 Å². The summed E-state index contributed by atoms with van der Waals surface area (Å²) in [6.45, 7) is 7.90. The van der Waals surface area contributed by atoms with E-state index < -0.39 is 29.6 Å². The lowest BCUT2D eigenvalue weighted by molar-refractivity contribution is -0.113. The average Bonchev–Trinajstić information content (AvgIpc) is 3.48. The highest BCUT2D eigenvalue weighted by atomic mass is 32.2. The molecule has 0 fully saturated rings. The van der Waals surface area contributed by atoms with Gasteiger partial charge in [-0.2, -0.15) is 0 Å². The van der Waals surface area contributed by atoms with Crippen molar-refractivity contribution in [1.29, 1.82) is 0 Å². The number of thiophene rings is 1. The molecule has 0 atom stereocenters. The van der Waals surface area contributed by atoms with Crippen LogP contribution in [0.1, 0.15) is 75.4 Å². The predicted octanol–water partition coefficient (Wildman–Crippen LogP) is 4.60. The fraction of sp³-hybridized carbons (Fsp3) is 0.407. The second-order valence-electron chi connectivity index (χ2n) is 8.64. The fourth-order valence-corrected chi connectivity index (χ4v) is 5.61. The molecule has 0 aliphatic heterocycles. The summed E-state index contributed by atoms with van der Waals surface area (Å²) in [5.74, 6) is -2.19. The third-order valence-corrected chi connectivity index (χ3v) is 7.85. The van der Waals surface area contributed by atoms with Crippen molar-refractivity contribution in [3.63, 3.8) is 0 Å². The molecule has 3 rings (SSSR count). The van der Waals surface area contributed by atoms with Crippen molar-refractivity contribution in [3.8, 4) is 0 Å². The van der Waals surface area contributed by atoms with Gasteiger partial charge in [0.15, 0.2) is 11.0 Å². The average molecular weight is 606 g/mol. The lowest BCUT2D eigenvalue weighted by Gasteiger charge is -2.11. The maximum atomic E-state index is 13.5. The maximum Gasteiger partial charge on any atom is 0.348 e. The molecule has 1 aromatic carbocycles. The first-order chi connectivity index (χ1) is 19.7. The standard InChI is InChI=1S/C27H32FN5O6S2/c1-5-8-12-33-19(14-29-23(35)17-10-9-11-18(28)13-17)31-32-27(33)40-15-20(34)30-24-21(25(36)38-6-2)16(4)22(41-24)26(37)39-7-3/h9-11,13H,5-8,12,14-15H2,1-4H3,(H,29,35)(H,30,34). The molecular formula is C27H32FN5O6S2. The zero-order valence-corrected chi connectivity index (χ0v) is 24.9. The van der Waals surface area contributed by atoms with Gasteiger partial charge in [0, 0.05) is 12.1 Å². The van der Waals surface area contributed by atoms with Gasteiger partial charge in [-0.3, -0.25) is 9.59 Å². The van der Waals surface area contributed by atoms with Crippen LogP contribution in [0.25, 0.3) is 0 Å². The number of rotatable bonds is 14. The van der Waals surface area contributed by atoms with Crippen LogP contribution in [-0.2, 0) is 27.4 Å². The van der Waals surface area contributed by atoms with Crippen molar-refractivity contribution in [2.45, 2.75) is 58.8 Å². The number of anilines is 1. The number of aromatic nitrogens is 3. The lowest BCUT2D eigenvalue weighted by atomic mass is 10.1. The minimum absolute atomic E-state index is 0.0616. The summed E-state index contributed by atoms with van der Waals surface area (Å²) in [5.41, 5.74) is 0.674. The number of benzene rings is 1. The molecule has 0 saturated heterocycles. The Bertz CT molecular complexity index is 1410. The molecule has 2 amide bonds. The highest BCUT2D eigenvalue weighted by molar-refractivity contribution is 7.99. The normalized spacial score (nSPS) is 10.8. The second kappa shape index (κ2) is 15.3. The topological polar surface area (TPSA) is 142 Å². The van der Waals surface area contributed by atoms with Crippen molar-refractivity contribution in [2.24, 2.45) is 0 Å². The van der Waals surface area contributed by atoms with Gasteiger partial charge in [-0.25, -0.2) is 14.0 Å². The zero-order chi connectivity index (χ0) is 29.9. The Labute approximate surface area is 245 Å². The zero-order valence-electron chi connectivity index (χ0n) is 23.2. The van der Waals surface area contributed by atoms with Crippen LogP contribution in [0, 0.1) is 12.7 Å². The molecule has 41 heavy (non-hydrogen) atoms. The van der Waals surface area contributed by atoms with E-state index in [1.54, 1.807) is 20.8 Å². The highest BCUT2D eigenvalue weighted by Gasteiger charge is 2.27. The summed E-state index contributed by atoms with van der Waals surface area (Å²) in [7, 11) is 0. The molecule has 0 spiro atoms. The van der Waals surface area contributed by atoms with Crippen LogP contribution >= 0.6 is 23.1 Å². The highest BCUT2D eigenvalue weighted by Crippen LogP contribution is 2.34. The molecule has 2 N–H and O–H groups in total. The summed E-state index contributed by atoms with van der Waals surface area (Å²) in [5, 5.41) is 14.5. The number of hydrogen-bond donors (Lipinski definition) is 2. The summed E-state index contributed by atoms with van der Waals surface area (Å²) in [6, 6.07) is 5.38. The Morgan fingerprint density at radius 1 is 1.07 bits per heavy atom. The Hall–Kier alpha value is -3.78. The molecular weight excluding hydrogens is 573 g/mol. The van der Waals surface area contributed by atoms with E-state index in [2.05, 4.69) is 20.8 Å². The summed E-state index contributed by atoms with van der Waals surface area (Å²) in [6.07, 6.45) is 1.71. The SMILES string of the molecule is CCCCn1c(CNC(=O)c2cccc(F)c2)nnc1SCC(=O)Nc1sc(C(=O)OCC)c(C)c1C(=O)OCC. The number of carbonyl (C=O) groups is 4. The summed E-state index contributed by atoms with van der Waals surface area (Å²) < 4.78 is 25.5. The largest absolute Gasteiger partial charge is 0.462 e. The fourth-order valence-electron chi connectivity index (χ4n) is 3.72. The molecule has 0 unspecified atom stereocenters. The molecule has 14 heteroatoms. The molecule has 2 aromatic heterocycles. The minimum atomic E-state index is -0.649. The molecule has 0 bridgehead atoms. The first-order valence-electron chi connectivity index (χ1n) is 13.1. The van der Waals surface area contributed by atoms with E-state index in [-0.39, 0.29) is 46.5 Å². The number of hydrogen-bond acceptors (Lipinski definition) is 10.